The fourth-order valence-electron chi connectivity index (χ4n) is 2.08. The van der Waals surface area contributed by atoms with Crippen molar-refractivity contribution in [1.82, 2.24) is 10.6 Å². The lowest BCUT2D eigenvalue weighted by Crippen LogP contribution is -2.49. The predicted octanol–water partition coefficient (Wildman–Crippen LogP) is 2.48. The van der Waals surface area contributed by atoms with Gasteiger partial charge in [-0.05, 0) is 43.6 Å². The molecule has 2 N–H and O–H groups in total. The molecule has 4 heteroatoms. The molecule has 1 saturated heterocycles. The minimum atomic E-state index is 0.0467. The number of carbonyl (C=O) groups is 1. The molecule has 1 amide bonds. The second kappa shape index (κ2) is 5.85. The first-order valence-corrected chi connectivity index (χ1v) is 7.14. The van der Waals surface area contributed by atoms with Crippen LogP contribution in [0.4, 0.5) is 0 Å². The zero-order valence-electron chi connectivity index (χ0n) is 10.7. The fraction of sp³-hybridized carbons (Fsp3) is 0.500. The summed E-state index contributed by atoms with van der Waals surface area (Å²) < 4.78 is 1.04. The van der Waals surface area contributed by atoms with E-state index < -0.39 is 0 Å². The Morgan fingerprint density at radius 1 is 1.44 bits per heavy atom. The van der Waals surface area contributed by atoms with Crippen LogP contribution >= 0.6 is 15.9 Å². The molecule has 0 bridgehead atoms. The summed E-state index contributed by atoms with van der Waals surface area (Å²) in [6, 6.07) is 8.10. The first-order chi connectivity index (χ1) is 8.58. The summed E-state index contributed by atoms with van der Waals surface area (Å²) in [5.74, 6) is 0.717. The first kappa shape index (κ1) is 13.6. The Kier molecular flexibility index (Phi) is 4.40. The maximum absolute atomic E-state index is 12.1. The lowest BCUT2D eigenvalue weighted by Gasteiger charge is -2.32. The van der Waals surface area contributed by atoms with Gasteiger partial charge in [0.15, 0.2) is 0 Å². The molecule has 18 heavy (non-hydrogen) atoms. The first-order valence-electron chi connectivity index (χ1n) is 6.34. The highest BCUT2D eigenvalue weighted by molar-refractivity contribution is 9.10. The molecule has 0 aromatic heterocycles. The van der Waals surface area contributed by atoms with Crippen molar-refractivity contribution in [2.75, 3.05) is 13.1 Å². The number of rotatable bonds is 4. The van der Waals surface area contributed by atoms with Crippen molar-refractivity contribution in [2.24, 2.45) is 11.8 Å². The Morgan fingerprint density at radius 2 is 2.17 bits per heavy atom. The molecule has 0 radical (unpaired) electrons. The summed E-state index contributed by atoms with van der Waals surface area (Å²) in [6.45, 7) is 5.94. The predicted molar refractivity (Wildman–Crippen MR) is 76.2 cm³/mol. The van der Waals surface area contributed by atoms with Gasteiger partial charge >= 0.3 is 0 Å². The van der Waals surface area contributed by atoms with E-state index in [4.69, 9.17) is 0 Å². The van der Waals surface area contributed by atoms with Gasteiger partial charge in [0.2, 0.25) is 5.91 Å². The van der Waals surface area contributed by atoms with Gasteiger partial charge < -0.3 is 10.6 Å². The van der Waals surface area contributed by atoms with Gasteiger partial charge in [-0.15, -0.1) is 0 Å². The van der Waals surface area contributed by atoms with Crippen LogP contribution in [0.25, 0.3) is 0 Å². The molecule has 1 unspecified atom stereocenters. The quantitative estimate of drug-likeness (QED) is 0.897. The molecular weight excluding hydrogens is 292 g/mol. The molecule has 1 aliphatic heterocycles. The van der Waals surface area contributed by atoms with Crippen molar-refractivity contribution in [2.45, 2.75) is 19.9 Å². The van der Waals surface area contributed by atoms with Crippen LogP contribution in [0.5, 0.6) is 0 Å². The second-order valence-corrected chi connectivity index (χ2v) is 5.91. The molecule has 2 rings (SSSR count). The van der Waals surface area contributed by atoms with Gasteiger partial charge in [0.05, 0.1) is 6.04 Å². The highest BCUT2D eigenvalue weighted by Gasteiger charge is 2.29. The Bertz CT molecular complexity index is 432. The van der Waals surface area contributed by atoms with Crippen molar-refractivity contribution in [1.29, 1.82) is 0 Å². The summed E-state index contributed by atoms with van der Waals surface area (Å²) >= 11 is 3.45. The minimum absolute atomic E-state index is 0.0467. The standard InChI is InChI=1S/C14H19BrN2O/c1-9(12-7-16-8-12)14(18)17-10(2)11-4-3-5-13(15)6-11/h3-6,9-10,12,16H,7-8H2,1-2H3,(H,17,18)/t9?,10-/m0/s1. The number of hydrogen-bond donors (Lipinski definition) is 2. The smallest absolute Gasteiger partial charge is 0.223 e. The molecule has 0 saturated carbocycles. The van der Waals surface area contributed by atoms with Crippen LogP contribution in [0.1, 0.15) is 25.5 Å². The van der Waals surface area contributed by atoms with Gasteiger partial charge in [0, 0.05) is 10.4 Å². The van der Waals surface area contributed by atoms with E-state index in [-0.39, 0.29) is 17.9 Å². The van der Waals surface area contributed by atoms with Crippen molar-refractivity contribution in [3.05, 3.63) is 34.3 Å². The third-order valence-electron chi connectivity index (χ3n) is 3.64. The van der Waals surface area contributed by atoms with E-state index >= 15 is 0 Å². The van der Waals surface area contributed by atoms with E-state index in [1.54, 1.807) is 0 Å². The van der Waals surface area contributed by atoms with Crippen LogP contribution in [0.2, 0.25) is 0 Å². The van der Waals surface area contributed by atoms with E-state index in [1.807, 2.05) is 38.1 Å². The van der Waals surface area contributed by atoms with Gasteiger partial charge in [-0.25, -0.2) is 0 Å². The SMILES string of the molecule is CC(C(=O)N[C@@H](C)c1cccc(Br)c1)C1CNC1. The van der Waals surface area contributed by atoms with Crippen LogP contribution in [-0.4, -0.2) is 19.0 Å². The maximum Gasteiger partial charge on any atom is 0.223 e. The Labute approximate surface area is 116 Å². The molecule has 1 aromatic rings. The highest BCUT2D eigenvalue weighted by Crippen LogP contribution is 2.20. The zero-order chi connectivity index (χ0) is 13.1. The number of halogens is 1. The van der Waals surface area contributed by atoms with Crippen LogP contribution in [0.3, 0.4) is 0 Å². The molecule has 1 fully saturated rings. The van der Waals surface area contributed by atoms with E-state index in [9.17, 15) is 4.79 Å². The number of amides is 1. The zero-order valence-corrected chi connectivity index (χ0v) is 12.3. The Balaban J connectivity index is 1.94. The maximum atomic E-state index is 12.1. The lowest BCUT2D eigenvalue weighted by molar-refractivity contribution is -0.127. The van der Waals surface area contributed by atoms with Gasteiger partial charge in [0.25, 0.3) is 0 Å². The van der Waals surface area contributed by atoms with Crippen molar-refractivity contribution in [3.63, 3.8) is 0 Å². The number of hydrogen-bond acceptors (Lipinski definition) is 2. The fourth-order valence-corrected chi connectivity index (χ4v) is 2.50. The van der Waals surface area contributed by atoms with Gasteiger partial charge in [0.1, 0.15) is 0 Å². The molecule has 1 aliphatic rings. The van der Waals surface area contributed by atoms with Gasteiger partial charge in [-0.2, -0.15) is 0 Å². The topological polar surface area (TPSA) is 41.1 Å². The van der Waals surface area contributed by atoms with Crippen LogP contribution in [0, 0.1) is 11.8 Å². The average Bonchev–Trinajstić information content (AvgIpc) is 2.26. The Morgan fingerprint density at radius 3 is 2.72 bits per heavy atom. The van der Waals surface area contributed by atoms with Crippen molar-refractivity contribution >= 4 is 21.8 Å². The molecular formula is C14H19BrN2O. The van der Waals surface area contributed by atoms with Crippen LogP contribution < -0.4 is 10.6 Å². The normalized spacial score (nSPS) is 18.8. The Hall–Kier alpha value is -0.870. The summed E-state index contributed by atoms with van der Waals surface area (Å²) in [4.78, 5) is 12.1. The molecule has 0 spiro atoms. The van der Waals surface area contributed by atoms with Crippen LogP contribution in [0.15, 0.2) is 28.7 Å². The van der Waals surface area contributed by atoms with E-state index in [1.165, 1.54) is 0 Å². The monoisotopic (exact) mass is 310 g/mol. The third kappa shape index (κ3) is 3.12. The summed E-state index contributed by atoms with van der Waals surface area (Å²) in [5.41, 5.74) is 1.12. The van der Waals surface area contributed by atoms with Gasteiger partial charge in [-0.1, -0.05) is 35.0 Å². The average molecular weight is 311 g/mol. The van der Waals surface area contributed by atoms with E-state index in [0.717, 1.165) is 23.1 Å². The molecule has 1 heterocycles. The van der Waals surface area contributed by atoms with E-state index in [2.05, 4.69) is 26.6 Å². The number of nitrogens with one attached hydrogen (secondary N) is 2. The number of benzene rings is 1. The summed E-state index contributed by atoms with van der Waals surface area (Å²) in [6.07, 6.45) is 0. The van der Waals surface area contributed by atoms with Crippen LogP contribution in [-0.2, 0) is 4.79 Å². The number of carbonyl (C=O) groups excluding carboxylic acids is 1. The minimum Gasteiger partial charge on any atom is -0.349 e. The summed E-state index contributed by atoms with van der Waals surface area (Å²) in [5, 5.41) is 6.29. The second-order valence-electron chi connectivity index (χ2n) is 4.99. The summed E-state index contributed by atoms with van der Waals surface area (Å²) in [7, 11) is 0. The molecule has 0 aliphatic carbocycles. The largest absolute Gasteiger partial charge is 0.349 e. The van der Waals surface area contributed by atoms with Crippen molar-refractivity contribution in [3.8, 4) is 0 Å². The molecule has 98 valence electrons. The lowest BCUT2D eigenvalue weighted by atomic mass is 9.88. The molecule has 2 atom stereocenters. The van der Waals surface area contributed by atoms with E-state index in [0.29, 0.717) is 5.92 Å². The van der Waals surface area contributed by atoms with Crippen molar-refractivity contribution < 1.29 is 4.79 Å². The third-order valence-corrected chi connectivity index (χ3v) is 4.13. The molecule has 1 aromatic carbocycles. The molecule has 3 nitrogen and oxygen atoms in total. The highest BCUT2D eigenvalue weighted by atomic mass is 79.9. The van der Waals surface area contributed by atoms with Gasteiger partial charge in [-0.3, -0.25) is 4.79 Å².